The molecule has 0 atom stereocenters. The van der Waals surface area contributed by atoms with E-state index in [1.165, 1.54) is 34.3 Å². The van der Waals surface area contributed by atoms with Gasteiger partial charge in [-0.25, -0.2) is 0 Å². The van der Waals surface area contributed by atoms with Crippen LogP contribution in [0.25, 0.3) is 0 Å². The van der Waals surface area contributed by atoms with Gasteiger partial charge in [0.15, 0.2) is 5.12 Å². The van der Waals surface area contributed by atoms with Gasteiger partial charge in [0.1, 0.15) is 0 Å². The van der Waals surface area contributed by atoms with Crippen molar-refractivity contribution in [2.45, 2.75) is 19.8 Å². The van der Waals surface area contributed by atoms with Crippen molar-refractivity contribution in [2.75, 3.05) is 50.4 Å². The van der Waals surface area contributed by atoms with Crippen molar-refractivity contribution in [1.82, 2.24) is 0 Å². The van der Waals surface area contributed by atoms with Crippen molar-refractivity contribution in [3.8, 4) is 0 Å². The summed E-state index contributed by atoms with van der Waals surface area (Å²) in [6.45, 7) is 1.83. The molecule has 0 spiro atoms. The molecule has 1 N–H and O–H groups in total. The Bertz CT molecular complexity index is 668. The summed E-state index contributed by atoms with van der Waals surface area (Å²) in [4.78, 5) is 14.9. The lowest BCUT2D eigenvalue weighted by atomic mass is 10.1. The van der Waals surface area contributed by atoms with Gasteiger partial charge in [-0.2, -0.15) is 0 Å². The summed E-state index contributed by atoms with van der Waals surface area (Å²) in [5.41, 5.74) is 4.87. The van der Waals surface area contributed by atoms with Crippen LogP contribution < -0.4 is 9.80 Å². The number of thioether (sulfide) groups is 1. The van der Waals surface area contributed by atoms with Crippen molar-refractivity contribution in [2.24, 2.45) is 0 Å². The average molecular weight is 389 g/mol. The molecular formula is C22H32N2O2S. The van der Waals surface area contributed by atoms with Gasteiger partial charge in [0.05, 0.1) is 0 Å². The molecule has 0 aliphatic carbocycles. The summed E-state index contributed by atoms with van der Waals surface area (Å²) in [5.74, 6) is 0.872. The van der Waals surface area contributed by atoms with Crippen LogP contribution in [0.4, 0.5) is 11.4 Å². The minimum absolute atomic E-state index is 0.194. The molecule has 0 amide bonds. The highest BCUT2D eigenvalue weighted by molar-refractivity contribution is 8.13. The molecule has 0 saturated heterocycles. The second-order valence-electron chi connectivity index (χ2n) is 6.69. The standard InChI is InChI=1S/C12H17NOS.C10H15NO/c1-10(14)15-9-8-11-4-6-12(7-5-11)13(2)3;1-11(2)10-5-3-9(4-6-10)7-8-12/h4-7H,8-9H2,1-3H3;3-6,12H,7-8H2,1-2H3. The molecule has 27 heavy (non-hydrogen) atoms. The van der Waals surface area contributed by atoms with E-state index >= 15 is 0 Å². The average Bonchev–Trinajstić information content (AvgIpc) is 2.63. The molecule has 0 aromatic heterocycles. The van der Waals surface area contributed by atoms with Crippen LogP contribution in [0, 0.1) is 0 Å². The van der Waals surface area contributed by atoms with Gasteiger partial charge in [-0.15, -0.1) is 0 Å². The first-order valence-electron chi connectivity index (χ1n) is 9.10. The lowest BCUT2D eigenvalue weighted by Crippen LogP contribution is -2.08. The Balaban J connectivity index is 0.000000277. The normalized spacial score (nSPS) is 10.0. The number of hydrogen-bond donors (Lipinski definition) is 1. The first kappa shape index (κ1) is 23.1. The Morgan fingerprint density at radius 3 is 1.56 bits per heavy atom. The number of anilines is 2. The van der Waals surface area contributed by atoms with Crippen molar-refractivity contribution in [3.63, 3.8) is 0 Å². The van der Waals surface area contributed by atoms with Gasteiger partial charge < -0.3 is 14.9 Å². The summed E-state index contributed by atoms with van der Waals surface area (Å²) in [5, 5.41) is 8.88. The number of rotatable bonds is 7. The first-order chi connectivity index (χ1) is 12.8. The van der Waals surface area contributed by atoms with Gasteiger partial charge in [0.25, 0.3) is 0 Å². The maximum Gasteiger partial charge on any atom is 0.185 e. The van der Waals surface area contributed by atoms with E-state index in [1.807, 2.05) is 40.3 Å². The third-order valence-corrected chi connectivity index (χ3v) is 4.82. The molecule has 0 heterocycles. The van der Waals surface area contributed by atoms with E-state index in [-0.39, 0.29) is 11.7 Å². The second kappa shape index (κ2) is 12.4. The van der Waals surface area contributed by atoms with Crippen LogP contribution >= 0.6 is 11.8 Å². The highest BCUT2D eigenvalue weighted by Crippen LogP contribution is 2.14. The van der Waals surface area contributed by atoms with Crippen LogP contribution in [0.1, 0.15) is 18.1 Å². The highest BCUT2D eigenvalue weighted by atomic mass is 32.2. The van der Waals surface area contributed by atoms with Gasteiger partial charge in [-0.05, 0) is 48.2 Å². The van der Waals surface area contributed by atoms with Crippen molar-refractivity contribution < 1.29 is 9.90 Å². The van der Waals surface area contributed by atoms with Gasteiger partial charge in [0, 0.05) is 58.8 Å². The van der Waals surface area contributed by atoms with Crippen molar-refractivity contribution in [3.05, 3.63) is 59.7 Å². The molecule has 4 nitrogen and oxygen atoms in total. The maximum atomic E-state index is 10.7. The first-order valence-corrected chi connectivity index (χ1v) is 10.1. The van der Waals surface area contributed by atoms with E-state index in [9.17, 15) is 4.79 Å². The van der Waals surface area contributed by atoms with Crippen LogP contribution in [0.3, 0.4) is 0 Å². The van der Waals surface area contributed by atoms with Crippen molar-refractivity contribution in [1.29, 1.82) is 0 Å². The zero-order chi connectivity index (χ0) is 20.2. The second-order valence-corrected chi connectivity index (χ2v) is 7.96. The largest absolute Gasteiger partial charge is 0.396 e. The fourth-order valence-electron chi connectivity index (χ4n) is 2.36. The Kier molecular flexibility index (Phi) is 10.6. The smallest absolute Gasteiger partial charge is 0.185 e. The highest BCUT2D eigenvalue weighted by Gasteiger charge is 1.98. The molecule has 0 fully saturated rings. The minimum Gasteiger partial charge on any atom is -0.396 e. The predicted molar refractivity (Wildman–Crippen MR) is 119 cm³/mol. The van der Waals surface area contributed by atoms with Crippen LogP contribution in [-0.4, -0.2) is 50.8 Å². The fraction of sp³-hybridized carbons (Fsp3) is 0.409. The molecule has 0 radical (unpaired) electrons. The molecule has 148 valence electrons. The SMILES string of the molecule is CC(=O)SCCc1ccc(N(C)C)cc1.CN(C)c1ccc(CCO)cc1. The van der Waals surface area contributed by atoms with Crippen LogP contribution in [-0.2, 0) is 17.6 Å². The van der Waals surface area contributed by atoms with Crippen molar-refractivity contribution >= 4 is 28.3 Å². The van der Waals surface area contributed by atoms with E-state index in [0.717, 1.165) is 18.6 Å². The summed E-state index contributed by atoms with van der Waals surface area (Å²) in [6.07, 6.45) is 1.70. The summed E-state index contributed by atoms with van der Waals surface area (Å²) in [6, 6.07) is 16.7. The Hall–Kier alpha value is -1.98. The number of aryl methyl sites for hydroxylation is 1. The number of benzene rings is 2. The molecule has 2 aromatic rings. The molecular weight excluding hydrogens is 356 g/mol. The Morgan fingerprint density at radius 1 is 0.815 bits per heavy atom. The van der Waals surface area contributed by atoms with Crippen LogP contribution in [0.15, 0.2) is 48.5 Å². The zero-order valence-electron chi connectivity index (χ0n) is 17.1. The van der Waals surface area contributed by atoms with E-state index in [0.29, 0.717) is 0 Å². The number of hydrogen-bond acceptors (Lipinski definition) is 5. The third-order valence-electron chi connectivity index (χ3n) is 4.00. The Morgan fingerprint density at radius 2 is 1.22 bits per heavy atom. The number of carbonyl (C=O) groups excluding carboxylic acids is 1. The predicted octanol–water partition coefficient (Wildman–Crippen LogP) is 3.86. The van der Waals surface area contributed by atoms with E-state index in [2.05, 4.69) is 46.2 Å². The molecule has 5 heteroatoms. The minimum atomic E-state index is 0.194. The number of aliphatic hydroxyl groups excluding tert-OH is 1. The summed E-state index contributed by atoms with van der Waals surface area (Å²) in [7, 11) is 8.09. The zero-order valence-corrected chi connectivity index (χ0v) is 17.9. The van der Waals surface area contributed by atoms with E-state index < -0.39 is 0 Å². The maximum absolute atomic E-state index is 10.7. The number of carbonyl (C=O) groups is 1. The van der Waals surface area contributed by atoms with Crippen LogP contribution in [0.5, 0.6) is 0 Å². The third kappa shape index (κ3) is 9.50. The number of nitrogens with zero attached hydrogens (tertiary/aromatic N) is 2. The molecule has 0 aliphatic heterocycles. The molecule has 2 rings (SSSR count). The van der Waals surface area contributed by atoms with Gasteiger partial charge >= 0.3 is 0 Å². The van der Waals surface area contributed by atoms with Gasteiger partial charge in [0.2, 0.25) is 0 Å². The molecule has 2 aromatic carbocycles. The monoisotopic (exact) mass is 388 g/mol. The summed E-state index contributed by atoms with van der Waals surface area (Å²) < 4.78 is 0. The quantitative estimate of drug-likeness (QED) is 0.780. The molecule has 0 saturated carbocycles. The van der Waals surface area contributed by atoms with E-state index in [4.69, 9.17) is 5.11 Å². The molecule has 0 unspecified atom stereocenters. The summed E-state index contributed by atoms with van der Waals surface area (Å²) >= 11 is 1.39. The topological polar surface area (TPSA) is 43.8 Å². The Labute approximate surface area is 168 Å². The van der Waals surface area contributed by atoms with Gasteiger partial charge in [-0.1, -0.05) is 36.0 Å². The lowest BCUT2D eigenvalue weighted by Gasteiger charge is -2.12. The lowest BCUT2D eigenvalue weighted by molar-refractivity contribution is -0.109. The van der Waals surface area contributed by atoms with E-state index in [1.54, 1.807) is 6.92 Å². The number of aliphatic hydroxyl groups is 1. The molecule has 0 bridgehead atoms. The molecule has 0 aliphatic rings. The van der Waals surface area contributed by atoms with Crippen LogP contribution in [0.2, 0.25) is 0 Å². The van der Waals surface area contributed by atoms with Gasteiger partial charge in [-0.3, -0.25) is 4.79 Å². The fourth-order valence-corrected chi connectivity index (χ4v) is 2.99.